The molecule has 1 amide bonds. The molecule has 0 aromatic heterocycles. The highest BCUT2D eigenvalue weighted by Gasteiger charge is 2.28. The lowest BCUT2D eigenvalue weighted by Gasteiger charge is -2.28. The Labute approximate surface area is 147 Å². The molecule has 2 aromatic rings. The van der Waals surface area contributed by atoms with Crippen LogP contribution in [0.15, 0.2) is 42.5 Å². The molecule has 1 aliphatic rings. The van der Waals surface area contributed by atoms with Crippen molar-refractivity contribution in [1.82, 2.24) is 4.90 Å². The van der Waals surface area contributed by atoms with E-state index in [4.69, 9.17) is 0 Å². The van der Waals surface area contributed by atoms with Crippen LogP contribution in [0.4, 0.5) is 14.9 Å². The van der Waals surface area contributed by atoms with Gasteiger partial charge in [-0.15, -0.1) is 0 Å². The van der Waals surface area contributed by atoms with Gasteiger partial charge < -0.3 is 10.0 Å². The molecule has 5 heteroatoms. The number of amides is 1. The topological polar surface area (TPSA) is 43.8 Å². The number of carbonyl (C=O) groups is 1. The summed E-state index contributed by atoms with van der Waals surface area (Å²) in [5, 5.41) is 9.78. The van der Waals surface area contributed by atoms with Crippen molar-refractivity contribution in [2.45, 2.75) is 25.8 Å². The van der Waals surface area contributed by atoms with E-state index in [1.54, 1.807) is 6.07 Å². The highest BCUT2D eigenvalue weighted by molar-refractivity contribution is 5.93. The van der Waals surface area contributed by atoms with Crippen molar-refractivity contribution >= 4 is 11.8 Å². The Bertz CT molecular complexity index is 778. The number of likely N-dealkylation sites (tertiary alicyclic amines) is 1. The van der Waals surface area contributed by atoms with Crippen LogP contribution in [0.25, 0.3) is 11.1 Å². The Kier molecular flexibility index (Phi) is 5.04. The molecule has 1 fully saturated rings. The SMILES string of the molecule is Cc1cccc(-c2cc(F)ccc2N(C[C@@H]2CCCN2C)C(=O)O)c1. The second-order valence-electron chi connectivity index (χ2n) is 6.70. The molecule has 0 bridgehead atoms. The van der Waals surface area contributed by atoms with Crippen LogP contribution >= 0.6 is 0 Å². The minimum Gasteiger partial charge on any atom is -0.465 e. The van der Waals surface area contributed by atoms with Gasteiger partial charge in [-0.05, 0) is 57.1 Å². The Morgan fingerprint density at radius 2 is 2.12 bits per heavy atom. The molecule has 0 spiro atoms. The first kappa shape index (κ1) is 17.4. The maximum atomic E-state index is 13.9. The van der Waals surface area contributed by atoms with E-state index < -0.39 is 6.09 Å². The maximum absolute atomic E-state index is 13.9. The smallest absolute Gasteiger partial charge is 0.411 e. The number of aryl methyl sites for hydroxylation is 1. The summed E-state index contributed by atoms with van der Waals surface area (Å²) in [6.07, 6.45) is 1.03. The Morgan fingerprint density at radius 3 is 2.76 bits per heavy atom. The van der Waals surface area contributed by atoms with Crippen molar-refractivity contribution in [3.8, 4) is 11.1 Å². The van der Waals surface area contributed by atoms with Crippen molar-refractivity contribution in [1.29, 1.82) is 0 Å². The largest absolute Gasteiger partial charge is 0.465 e. The van der Waals surface area contributed by atoms with E-state index in [1.807, 2.05) is 38.2 Å². The fourth-order valence-electron chi connectivity index (χ4n) is 3.49. The van der Waals surface area contributed by atoms with Crippen LogP contribution in [0.3, 0.4) is 0 Å². The lowest BCUT2D eigenvalue weighted by molar-refractivity contribution is 0.198. The molecule has 3 rings (SSSR count). The average molecular weight is 342 g/mol. The van der Waals surface area contributed by atoms with Crippen LogP contribution in [-0.2, 0) is 0 Å². The zero-order valence-corrected chi connectivity index (χ0v) is 14.6. The van der Waals surface area contributed by atoms with Crippen LogP contribution in [0.1, 0.15) is 18.4 Å². The van der Waals surface area contributed by atoms with Crippen LogP contribution in [0.2, 0.25) is 0 Å². The third-order valence-electron chi connectivity index (χ3n) is 4.87. The number of nitrogens with zero attached hydrogens (tertiary/aromatic N) is 2. The van der Waals surface area contributed by atoms with Gasteiger partial charge in [0.1, 0.15) is 5.82 Å². The Morgan fingerprint density at radius 1 is 1.32 bits per heavy atom. The summed E-state index contributed by atoms with van der Waals surface area (Å²) in [6, 6.07) is 12.2. The zero-order valence-electron chi connectivity index (χ0n) is 14.6. The number of hydrogen-bond donors (Lipinski definition) is 1. The average Bonchev–Trinajstić information content (AvgIpc) is 2.97. The van der Waals surface area contributed by atoms with E-state index in [2.05, 4.69) is 4.90 Å². The zero-order chi connectivity index (χ0) is 18.0. The number of anilines is 1. The van der Waals surface area contributed by atoms with Gasteiger partial charge in [0.2, 0.25) is 0 Å². The summed E-state index contributed by atoms with van der Waals surface area (Å²) < 4.78 is 13.9. The van der Waals surface area contributed by atoms with E-state index in [0.717, 1.165) is 30.5 Å². The van der Waals surface area contributed by atoms with Gasteiger partial charge in [0.15, 0.2) is 0 Å². The normalized spacial score (nSPS) is 17.6. The first-order chi connectivity index (χ1) is 12.0. The minimum atomic E-state index is -1.01. The third kappa shape index (κ3) is 3.82. The van der Waals surface area contributed by atoms with Crippen molar-refractivity contribution in [3.63, 3.8) is 0 Å². The van der Waals surface area contributed by atoms with E-state index in [1.165, 1.54) is 17.0 Å². The van der Waals surface area contributed by atoms with Gasteiger partial charge in [0.05, 0.1) is 5.69 Å². The molecule has 1 aliphatic heterocycles. The molecule has 25 heavy (non-hydrogen) atoms. The second-order valence-corrected chi connectivity index (χ2v) is 6.70. The number of hydrogen-bond acceptors (Lipinski definition) is 2. The molecular weight excluding hydrogens is 319 g/mol. The van der Waals surface area contributed by atoms with Gasteiger partial charge in [0, 0.05) is 18.2 Å². The fourth-order valence-corrected chi connectivity index (χ4v) is 3.49. The van der Waals surface area contributed by atoms with Crippen molar-refractivity contribution < 1.29 is 14.3 Å². The minimum absolute atomic E-state index is 0.187. The predicted octanol–water partition coefficient (Wildman–Crippen LogP) is 4.38. The number of rotatable bonds is 4. The standard InChI is InChI=1S/C20H23FN2O2/c1-14-5-3-6-15(11-14)18-12-16(21)8-9-19(18)23(20(24)25)13-17-7-4-10-22(17)2/h3,5-6,8-9,11-12,17H,4,7,10,13H2,1-2H3,(H,24,25)/t17-/m0/s1. The van der Waals surface area contributed by atoms with Crippen molar-refractivity contribution in [3.05, 3.63) is 53.8 Å². The van der Waals surface area contributed by atoms with E-state index in [-0.39, 0.29) is 11.9 Å². The number of halogens is 1. The van der Waals surface area contributed by atoms with Crippen LogP contribution in [0, 0.1) is 12.7 Å². The second kappa shape index (κ2) is 7.23. The van der Waals surface area contributed by atoms with Gasteiger partial charge in [0.25, 0.3) is 0 Å². The number of likely N-dealkylation sites (N-methyl/N-ethyl adjacent to an activating group) is 1. The molecule has 1 saturated heterocycles. The third-order valence-corrected chi connectivity index (χ3v) is 4.87. The lowest BCUT2D eigenvalue weighted by Crippen LogP contribution is -2.41. The van der Waals surface area contributed by atoms with Crippen LogP contribution in [0.5, 0.6) is 0 Å². The van der Waals surface area contributed by atoms with Crippen LogP contribution in [-0.4, -0.2) is 42.3 Å². The lowest BCUT2D eigenvalue weighted by atomic mass is 10.0. The molecular formula is C20H23FN2O2. The molecule has 0 unspecified atom stereocenters. The first-order valence-corrected chi connectivity index (χ1v) is 8.53. The summed E-state index contributed by atoms with van der Waals surface area (Å²) in [5.74, 6) is -0.372. The fraction of sp³-hybridized carbons (Fsp3) is 0.350. The summed E-state index contributed by atoms with van der Waals surface area (Å²) >= 11 is 0. The molecule has 1 heterocycles. The Hall–Kier alpha value is -2.40. The van der Waals surface area contributed by atoms with Crippen molar-refractivity contribution in [2.75, 3.05) is 25.0 Å². The number of benzene rings is 2. The van der Waals surface area contributed by atoms with E-state index in [9.17, 15) is 14.3 Å². The molecule has 1 atom stereocenters. The summed E-state index contributed by atoms with van der Waals surface area (Å²) in [5.41, 5.74) is 3.00. The maximum Gasteiger partial charge on any atom is 0.411 e. The highest BCUT2D eigenvalue weighted by atomic mass is 19.1. The molecule has 1 N–H and O–H groups in total. The number of carboxylic acid groups (broad SMARTS) is 1. The van der Waals surface area contributed by atoms with Gasteiger partial charge in [-0.2, -0.15) is 0 Å². The first-order valence-electron chi connectivity index (χ1n) is 8.53. The molecule has 132 valence electrons. The summed E-state index contributed by atoms with van der Waals surface area (Å²) in [7, 11) is 2.02. The molecule has 0 aliphatic carbocycles. The van der Waals surface area contributed by atoms with Gasteiger partial charge >= 0.3 is 6.09 Å². The van der Waals surface area contributed by atoms with Crippen molar-refractivity contribution in [2.24, 2.45) is 0 Å². The summed E-state index contributed by atoms with van der Waals surface area (Å²) in [4.78, 5) is 15.5. The van der Waals surface area contributed by atoms with E-state index in [0.29, 0.717) is 17.8 Å². The Balaban J connectivity index is 2.02. The molecule has 0 saturated carbocycles. The predicted molar refractivity (Wildman–Crippen MR) is 97.6 cm³/mol. The molecule has 2 aromatic carbocycles. The monoisotopic (exact) mass is 342 g/mol. The van der Waals surface area contributed by atoms with Gasteiger partial charge in [-0.1, -0.05) is 29.8 Å². The van der Waals surface area contributed by atoms with Gasteiger partial charge in [-0.25, -0.2) is 9.18 Å². The quantitative estimate of drug-likeness (QED) is 0.897. The van der Waals surface area contributed by atoms with Crippen LogP contribution < -0.4 is 4.90 Å². The molecule has 4 nitrogen and oxygen atoms in total. The summed E-state index contributed by atoms with van der Waals surface area (Å²) in [6.45, 7) is 3.33. The van der Waals surface area contributed by atoms with Gasteiger partial charge in [-0.3, -0.25) is 4.90 Å². The molecule has 0 radical (unpaired) electrons. The highest BCUT2D eigenvalue weighted by Crippen LogP contribution is 2.33. The van der Waals surface area contributed by atoms with E-state index >= 15 is 0 Å².